The van der Waals surface area contributed by atoms with Gasteiger partial charge in [0.15, 0.2) is 8.32 Å². The van der Waals surface area contributed by atoms with Gasteiger partial charge in [-0.15, -0.1) is 0 Å². The third kappa shape index (κ3) is 5.76. The molecular weight excluding hydrogens is 310 g/mol. The first-order valence-electron chi connectivity index (χ1n) is 8.49. The fourth-order valence-corrected chi connectivity index (χ4v) is 3.41. The smallest absolute Gasteiger partial charge is 0.410 e. The Labute approximate surface area is 142 Å². The van der Waals surface area contributed by atoms with Crippen molar-refractivity contribution in [2.75, 3.05) is 26.3 Å². The quantitative estimate of drug-likeness (QED) is 0.793. The van der Waals surface area contributed by atoms with Crippen LogP contribution in [0.2, 0.25) is 18.1 Å². The third-order valence-electron chi connectivity index (χ3n) is 4.93. The first kappa shape index (κ1) is 20.5. The van der Waals surface area contributed by atoms with Crippen molar-refractivity contribution in [3.05, 3.63) is 0 Å². The Bertz CT molecular complexity index is 412. The van der Waals surface area contributed by atoms with E-state index in [2.05, 4.69) is 33.9 Å². The van der Waals surface area contributed by atoms with E-state index in [9.17, 15) is 9.90 Å². The predicted molar refractivity (Wildman–Crippen MR) is 95.0 cm³/mol. The molecule has 0 aliphatic carbocycles. The summed E-state index contributed by atoms with van der Waals surface area (Å²) in [5.74, 6) is 0.230. The molecule has 0 aromatic rings. The highest BCUT2D eigenvalue weighted by Crippen LogP contribution is 2.37. The molecule has 5 nitrogen and oxygen atoms in total. The fourth-order valence-electron chi connectivity index (χ4n) is 2.34. The maximum Gasteiger partial charge on any atom is 0.410 e. The number of rotatable bonds is 4. The van der Waals surface area contributed by atoms with Gasteiger partial charge in [0.25, 0.3) is 0 Å². The summed E-state index contributed by atoms with van der Waals surface area (Å²) in [6.45, 7) is 18.5. The highest BCUT2D eigenvalue weighted by atomic mass is 28.4. The number of hydrogen-bond acceptors (Lipinski definition) is 4. The molecule has 1 fully saturated rings. The second kappa shape index (κ2) is 7.11. The molecule has 1 amide bonds. The molecule has 1 heterocycles. The van der Waals surface area contributed by atoms with Crippen LogP contribution in [0.3, 0.4) is 0 Å². The lowest BCUT2D eigenvalue weighted by molar-refractivity contribution is 0.0279. The van der Waals surface area contributed by atoms with E-state index in [4.69, 9.17) is 9.16 Å². The number of amides is 1. The standard InChI is InChI=1S/C17H35NO4Si/c1-16(2,3)22-15(20)18-9-13(11-19)14(10-18)12-21-23(7,8)17(4,5)6/h13-14,19H,9-12H2,1-8H3/t13-,14-/m0/s1. The lowest BCUT2D eigenvalue weighted by Gasteiger charge is -2.37. The van der Waals surface area contributed by atoms with E-state index in [1.54, 1.807) is 4.90 Å². The van der Waals surface area contributed by atoms with Crippen molar-refractivity contribution in [2.24, 2.45) is 11.8 Å². The fraction of sp³-hybridized carbons (Fsp3) is 0.941. The van der Waals surface area contributed by atoms with Crippen LogP contribution in [0.15, 0.2) is 0 Å². The molecule has 0 unspecified atom stereocenters. The van der Waals surface area contributed by atoms with Gasteiger partial charge in [-0.3, -0.25) is 0 Å². The maximum absolute atomic E-state index is 12.2. The lowest BCUT2D eigenvalue weighted by Crippen LogP contribution is -2.43. The molecule has 1 rings (SSSR count). The second-order valence-electron chi connectivity index (χ2n) is 9.16. The van der Waals surface area contributed by atoms with Crippen molar-refractivity contribution in [3.63, 3.8) is 0 Å². The molecule has 1 N–H and O–H groups in total. The van der Waals surface area contributed by atoms with Crippen LogP contribution < -0.4 is 0 Å². The topological polar surface area (TPSA) is 59.0 Å². The summed E-state index contributed by atoms with van der Waals surface area (Å²) in [4.78, 5) is 13.9. The molecule has 2 atom stereocenters. The molecule has 0 spiro atoms. The number of carbonyl (C=O) groups is 1. The van der Waals surface area contributed by atoms with Crippen molar-refractivity contribution in [1.29, 1.82) is 0 Å². The van der Waals surface area contributed by atoms with Crippen LogP contribution in [0.1, 0.15) is 41.5 Å². The van der Waals surface area contributed by atoms with Crippen molar-refractivity contribution in [2.45, 2.75) is 65.3 Å². The maximum atomic E-state index is 12.2. The van der Waals surface area contributed by atoms with E-state index in [0.717, 1.165) is 0 Å². The van der Waals surface area contributed by atoms with Crippen LogP contribution in [0.5, 0.6) is 0 Å². The zero-order chi connectivity index (χ0) is 18.1. The van der Waals surface area contributed by atoms with Gasteiger partial charge in [0.05, 0.1) is 0 Å². The van der Waals surface area contributed by atoms with Gasteiger partial charge in [0.1, 0.15) is 5.60 Å². The van der Waals surface area contributed by atoms with E-state index >= 15 is 0 Å². The van der Waals surface area contributed by atoms with Crippen LogP contribution in [0.25, 0.3) is 0 Å². The number of hydrogen-bond donors (Lipinski definition) is 1. The van der Waals surface area contributed by atoms with Crippen molar-refractivity contribution < 1.29 is 19.1 Å². The molecule has 1 aliphatic heterocycles. The third-order valence-corrected chi connectivity index (χ3v) is 9.43. The number of aliphatic hydroxyl groups excluding tert-OH is 1. The van der Waals surface area contributed by atoms with Crippen LogP contribution in [0, 0.1) is 11.8 Å². The molecule has 0 radical (unpaired) electrons. The Balaban J connectivity index is 2.65. The molecule has 136 valence electrons. The Hall–Kier alpha value is -0.593. The van der Waals surface area contributed by atoms with Crippen LogP contribution in [-0.4, -0.2) is 56.3 Å². The minimum Gasteiger partial charge on any atom is -0.444 e. The Morgan fingerprint density at radius 1 is 1.13 bits per heavy atom. The zero-order valence-corrected chi connectivity index (χ0v) is 17.1. The molecule has 1 saturated heterocycles. The summed E-state index contributed by atoms with van der Waals surface area (Å²) < 4.78 is 11.7. The largest absolute Gasteiger partial charge is 0.444 e. The van der Waals surface area contributed by atoms with Gasteiger partial charge < -0.3 is 19.2 Å². The predicted octanol–water partition coefficient (Wildman–Crippen LogP) is 3.48. The minimum absolute atomic E-state index is 0.0623. The summed E-state index contributed by atoms with van der Waals surface area (Å²) in [7, 11) is -1.82. The van der Waals surface area contributed by atoms with E-state index in [1.165, 1.54) is 0 Å². The molecule has 0 bridgehead atoms. The SMILES string of the molecule is CC(C)(C)OC(=O)N1C[C@@H](CO)[C@H](CO[Si](C)(C)C(C)(C)C)C1. The average molecular weight is 346 g/mol. The Kier molecular flexibility index (Phi) is 6.32. The first-order valence-corrected chi connectivity index (χ1v) is 11.4. The molecule has 0 aromatic carbocycles. The Morgan fingerprint density at radius 3 is 2.09 bits per heavy atom. The van der Waals surface area contributed by atoms with E-state index in [-0.39, 0.29) is 29.6 Å². The molecular formula is C17H35NO4Si. The molecule has 6 heteroatoms. The summed E-state index contributed by atoms with van der Waals surface area (Å²) in [5, 5.41) is 9.79. The van der Waals surface area contributed by atoms with Gasteiger partial charge in [-0.1, -0.05) is 20.8 Å². The van der Waals surface area contributed by atoms with Crippen molar-refractivity contribution >= 4 is 14.4 Å². The summed E-state index contributed by atoms with van der Waals surface area (Å²) in [6.07, 6.45) is -0.300. The molecule has 0 saturated carbocycles. The van der Waals surface area contributed by atoms with E-state index < -0.39 is 13.9 Å². The normalized spacial score (nSPS) is 23.3. The van der Waals surface area contributed by atoms with Crippen LogP contribution in [-0.2, 0) is 9.16 Å². The summed E-state index contributed by atoms with van der Waals surface area (Å²) in [5.41, 5.74) is -0.498. The lowest BCUT2D eigenvalue weighted by atomic mass is 9.98. The first-order chi connectivity index (χ1) is 10.3. The number of ether oxygens (including phenoxy) is 1. The van der Waals surface area contributed by atoms with Gasteiger partial charge in [0, 0.05) is 38.1 Å². The number of carbonyl (C=O) groups excluding carboxylic acids is 1. The number of aliphatic hydroxyl groups is 1. The Morgan fingerprint density at radius 2 is 1.65 bits per heavy atom. The van der Waals surface area contributed by atoms with E-state index in [1.807, 2.05) is 20.8 Å². The van der Waals surface area contributed by atoms with Gasteiger partial charge in [-0.25, -0.2) is 4.79 Å². The average Bonchev–Trinajstić information content (AvgIpc) is 2.76. The molecule has 0 aromatic heterocycles. The van der Waals surface area contributed by atoms with Gasteiger partial charge in [-0.2, -0.15) is 0 Å². The van der Waals surface area contributed by atoms with Gasteiger partial charge in [-0.05, 0) is 38.9 Å². The van der Waals surface area contributed by atoms with Crippen molar-refractivity contribution in [3.8, 4) is 0 Å². The minimum atomic E-state index is -1.82. The summed E-state index contributed by atoms with van der Waals surface area (Å²) in [6, 6.07) is 0. The zero-order valence-electron chi connectivity index (χ0n) is 16.1. The number of likely N-dealkylation sites (tertiary alicyclic amines) is 1. The monoisotopic (exact) mass is 345 g/mol. The molecule has 23 heavy (non-hydrogen) atoms. The van der Waals surface area contributed by atoms with Crippen molar-refractivity contribution in [1.82, 2.24) is 4.90 Å². The second-order valence-corrected chi connectivity index (χ2v) is 14.0. The summed E-state index contributed by atoms with van der Waals surface area (Å²) >= 11 is 0. The number of nitrogens with zero attached hydrogens (tertiary/aromatic N) is 1. The van der Waals surface area contributed by atoms with E-state index in [0.29, 0.717) is 19.7 Å². The van der Waals surface area contributed by atoms with Gasteiger partial charge in [0.2, 0.25) is 0 Å². The highest BCUT2D eigenvalue weighted by molar-refractivity contribution is 6.74. The highest BCUT2D eigenvalue weighted by Gasteiger charge is 2.41. The van der Waals surface area contributed by atoms with Crippen LogP contribution >= 0.6 is 0 Å². The van der Waals surface area contributed by atoms with Gasteiger partial charge >= 0.3 is 6.09 Å². The van der Waals surface area contributed by atoms with Crippen LogP contribution in [0.4, 0.5) is 4.79 Å². The molecule has 1 aliphatic rings.